The Balaban J connectivity index is 1.55. The highest BCUT2D eigenvalue weighted by atomic mass is 16.5. The summed E-state index contributed by atoms with van der Waals surface area (Å²) < 4.78 is 5.00. The van der Waals surface area contributed by atoms with Crippen LogP contribution in [0.25, 0.3) is 0 Å². The number of amides is 1. The molecule has 1 aliphatic heterocycles. The summed E-state index contributed by atoms with van der Waals surface area (Å²) in [6, 6.07) is 7.52. The molecule has 1 saturated carbocycles. The summed E-state index contributed by atoms with van der Waals surface area (Å²) in [7, 11) is 0. The van der Waals surface area contributed by atoms with Gasteiger partial charge in [-0.05, 0) is 44.0 Å². The zero-order valence-electron chi connectivity index (χ0n) is 13.7. The van der Waals surface area contributed by atoms with Crippen molar-refractivity contribution in [2.45, 2.75) is 26.2 Å². The van der Waals surface area contributed by atoms with Crippen molar-refractivity contribution in [3.8, 4) is 0 Å². The van der Waals surface area contributed by atoms with E-state index in [1.165, 1.54) is 6.42 Å². The maximum atomic E-state index is 12.3. The van der Waals surface area contributed by atoms with Crippen LogP contribution in [0.3, 0.4) is 0 Å². The molecule has 3 rings (SSSR count). The molecule has 0 radical (unpaired) electrons. The second kappa shape index (κ2) is 7.02. The van der Waals surface area contributed by atoms with Gasteiger partial charge in [0.25, 0.3) is 0 Å². The number of hydrogen-bond acceptors (Lipinski definition) is 4. The van der Waals surface area contributed by atoms with E-state index in [0.29, 0.717) is 18.1 Å². The summed E-state index contributed by atoms with van der Waals surface area (Å²) in [5.41, 5.74) is 1.67. The van der Waals surface area contributed by atoms with E-state index in [4.69, 9.17) is 4.74 Å². The molecule has 5 heteroatoms. The van der Waals surface area contributed by atoms with Crippen molar-refractivity contribution in [3.63, 3.8) is 0 Å². The van der Waals surface area contributed by atoms with Crippen molar-refractivity contribution in [2.75, 3.05) is 37.7 Å². The average Bonchev–Trinajstić information content (AvgIpc) is 2.54. The molecule has 0 N–H and O–H groups in total. The highest BCUT2D eigenvalue weighted by Crippen LogP contribution is 2.29. The van der Waals surface area contributed by atoms with Crippen molar-refractivity contribution in [2.24, 2.45) is 5.92 Å². The van der Waals surface area contributed by atoms with Crippen LogP contribution in [0.15, 0.2) is 24.3 Å². The van der Waals surface area contributed by atoms with E-state index in [2.05, 4.69) is 4.90 Å². The summed E-state index contributed by atoms with van der Waals surface area (Å²) in [6.45, 7) is 5.45. The zero-order valence-corrected chi connectivity index (χ0v) is 13.7. The Morgan fingerprint density at radius 3 is 2.26 bits per heavy atom. The molecule has 0 bridgehead atoms. The normalized spacial score (nSPS) is 18.5. The Morgan fingerprint density at radius 1 is 1.09 bits per heavy atom. The van der Waals surface area contributed by atoms with Crippen LogP contribution in [0.2, 0.25) is 0 Å². The van der Waals surface area contributed by atoms with Crippen molar-refractivity contribution in [1.82, 2.24) is 4.90 Å². The topological polar surface area (TPSA) is 49.9 Å². The van der Waals surface area contributed by atoms with Gasteiger partial charge >= 0.3 is 5.97 Å². The third kappa shape index (κ3) is 3.49. The Kier molecular flexibility index (Phi) is 4.84. The van der Waals surface area contributed by atoms with Crippen LogP contribution >= 0.6 is 0 Å². The van der Waals surface area contributed by atoms with E-state index in [1.807, 2.05) is 17.0 Å². The molecule has 2 aliphatic rings. The summed E-state index contributed by atoms with van der Waals surface area (Å²) in [5.74, 6) is 0.342. The minimum atomic E-state index is -0.282. The largest absolute Gasteiger partial charge is 0.462 e. The van der Waals surface area contributed by atoms with Crippen LogP contribution in [0, 0.1) is 5.92 Å². The third-order valence-electron chi connectivity index (χ3n) is 4.79. The van der Waals surface area contributed by atoms with Crippen LogP contribution in [0.1, 0.15) is 36.5 Å². The summed E-state index contributed by atoms with van der Waals surface area (Å²) >= 11 is 0. The van der Waals surface area contributed by atoms with Crippen molar-refractivity contribution < 1.29 is 14.3 Å². The molecule has 124 valence electrons. The number of ether oxygens (including phenoxy) is 1. The molecule has 1 aromatic carbocycles. The third-order valence-corrected chi connectivity index (χ3v) is 4.79. The first-order valence-corrected chi connectivity index (χ1v) is 8.50. The number of carbonyl (C=O) groups is 2. The van der Waals surface area contributed by atoms with Gasteiger partial charge in [-0.2, -0.15) is 0 Å². The fraction of sp³-hybridized carbons (Fsp3) is 0.556. The first kappa shape index (κ1) is 15.8. The lowest BCUT2D eigenvalue weighted by molar-refractivity contribution is -0.138. The molecule has 2 fully saturated rings. The molecule has 0 aromatic heterocycles. The summed E-state index contributed by atoms with van der Waals surface area (Å²) in [5, 5.41) is 0. The van der Waals surface area contributed by atoms with Gasteiger partial charge in [0, 0.05) is 37.8 Å². The first-order chi connectivity index (χ1) is 11.2. The zero-order chi connectivity index (χ0) is 16.2. The molecule has 1 heterocycles. The lowest BCUT2D eigenvalue weighted by Gasteiger charge is -2.39. The number of anilines is 1. The lowest BCUT2D eigenvalue weighted by Crippen LogP contribution is -2.51. The SMILES string of the molecule is CCOC(=O)c1ccc(N2CCN(C(=O)C3CCC3)CC2)cc1. The van der Waals surface area contributed by atoms with Gasteiger partial charge in [0.2, 0.25) is 5.91 Å². The monoisotopic (exact) mass is 316 g/mol. The van der Waals surface area contributed by atoms with E-state index in [1.54, 1.807) is 19.1 Å². The van der Waals surface area contributed by atoms with E-state index < -0.39 is 0 Å². The van der Waals surface area contributed by atoms with Gasteiger partial charge in [0.05, 0.1) is 12.2 Å². The minimum absolute atomic E-state index is 0.282. The Hall–Kier alpha value is -2.04. The molecule has 23 heavy (non-hydrogen) atoms. The molecular weight excluding hydrogens is 292 g/mol. The molecule has 1 aliphatic carbocycles. The van der Waals surface area contributed by atoms with Crippen LogP contribution in [-0.4, -0.2) is 49.6 Å². The van der Waals surface area contributed by atoms with Gasteiger partial charge in [-0.1, -0.05) is 6.42 Å². The molecule has 0 unspecified atom stereocenters. The first-order valence-electron chi connectivity index (χ1n) is 8.50. The predicted molar refractivity (Wildman–Crippen MR) is 88.5 cm³/mol. The number of esters is 1. The van der Waals surface area contributed by atoms with Crippen molar-refractivity contribution in [3.05, 3.63) is 29.8 Å². The fourth-order valence-electron chi connectivity index (χ4n) is 3.12. The quantitative estimate of drug-likeness (QED) is 0.800. The molecular formula is C18H24N2O3. The number of piperazine rings is 1. The average molecular weight is 316 g/mol. The number of nitrogens with zero attached hydrogens (tertiary/aromatic N) is 2. The second-order valence-corrected chi connectivity index (χ2v) is 6.21. The predicted octanol–water partition coefficient (Wildman–Crippen LogP) is 2.31. The van der Waals surface area contributed by atoms with Gasteiger partial charge in [0.1, 0.15) is 0 Å². The highest BCUT2D eigenvalue weighted by molar-refractivity contribution is 5.89. The standard InChI is InChI=1S/C18H24N2O3/c1-2-23-18(22)15-6-8-16(9-7-15)19-10-12-20(13-11-19)17(21)14-4-3-5-14/h6-9,14H,2-5,10-13H2,1H3. The smallest absolute Gasteiger partial charge is 0.338 e. The second-order valence-electron chi connectivity index (χ2n) is 6.21. The van der Waals surface area contributed by atoms with E-state index in [9.17, 15) is 9.59 Å². The van der Waals surface area contributed by atoms with Gasteiger partial charge in [-0.15, -0.1) is 0 Å². The molecule has 0 spiro atoms. The van der Waals surface area contributed by atoms with Crippen LogP contribution < -0.4 is 4.90 Å². The van der Waals surface area contributed by atoms with E-state index >= 15 is 0 Å². The highest BCUT2D eigenvalue weighted by Gasteiger charge is 2.31. The number of hydrogen-bond donors (Lipinski definition) is 0. The lowest BCUT2D eigenvalue weighted by atomic mass is 9.84. The van der Waals surface area contributed by atoms with Crippen LogP contribution in [-0.2, 0) is 9.53 Å². The summed E-state index contributed by atoms with van der Waals surface area (Å²) in [4.78, 5) is 28.2. The maximum Gasteiger partial charge on any atom is 0.338 e. The molecule has 1 aromatic rings. The molecule has 5 nitrogen and oxygen atoms in total. The Bertz CT molecular complexity index is 558. The van der Waals surface area contributed by atoms with Gasteiger partial charge in [-0.3, -0.25) is 4.79 Å². The Morgan fingerprint density at radius 2 is 1.74 bits per heavy atom. The van der Waals surface area contributed by atoms with Crippen LogP contribution in [0.4, 0.5) is 5.69 Å². The number of rotatable bonds is 4. The summed E-state index contributed by atoms with van der Waals surface area (Å²) in [6.07, 6.45) is 3.33. The van der Waals surface area contributed by atoms with E-state index in [0.717, 1.165) is 44.7 Å². The number of benzene rings is 1. The molecule has 0 atom stereocenters. The van der Waals surface area contributed by atoms with E-state index in [-0.39, 0.29) is 11.9 Å². The number of carbonyl (C=O) groups excluding carboxylic acids is 2. The van der Waals surface area contributed by atoms with Crippen molar-refractivity contribution >= 4 is 17.6 Å². The van der Waals surface area contributed by atoms with Gasteiger partial charge < -0.3 is 14.5 Å². The maximum absolute atomic E-state index is 12.3. The van der Waals surface area contributed by atoms with Crippen LogP contribution in [0.5, 0.6) is 0 Å². The van der Waals surface area contributed by atoms with Gasteiger partial charge in [0.15, 0.2) is 0 Å². The Labute approximate surface area is 137 Å². The minimum Gasteiger partial charge on any atom is -0.462 e. The fourth-order valence-corrected chi connectivity index (χ4v) is 3.12. The molecule has 1 amide bonds. The van der Waals surface area contributed by atoms with Crippen molar-refractivity contribution in [1.29, 1.82) is 0 Å². The van der Waals surface area contributed by atoms with Gasteiger partial charge in [-0.25, -0.2) is 4.79 Å². The molecule has 1 saturated heterocycles.